The fourth-order valence-electron chi connectivity index (χ4n) is 1.96. The summed E-state index contributed by atoms with van der Waals surface area (Å²) < 4.78 is 5.67. The van der Waals surface area contributed by atoms with Crippen LogP contribution in [0.2, 0.25) is 0 Å². The molecule has 0 saturated carbocycles. The van der Waals surface area contributed by atoms with E-state index in [1.807, 2.05) is 31.2 Å². The lowest BCUT2D eigenvalue weighted by molar-refractivity contribution is 0.249. The number of alkyl halides is 1. The van der Waals surface area contributed by atoms with Gasteiger partial charge in [-0.15, -0.1) is 11.6 Å². The molecule has 124 valence electrons. The van der Waals surface area contributed by atoms with Gasteiger partial charge in [0.15, 0.2) is 0 Å². The van der Waals surface area contributed by atoms with Crippen molar-refractivity contribution < 1.29 is 9.53 Å². The lowest BCUT2D eigenvalue weighted by Gasteiger charge is -2.14. The maximum absolute atomic E-state index is 11.8. The molecule has 1 rings (SSSR count). The predicted molar refractivity (Wildman–Crippen MR) is 93.0 cm³/mol. The zero-order valence-corrected chi connectivity index (χ0v) is 14.3. The van der Waals surface area contributed by atoms with Crippen molar-refractivity contribution in [3.05, 3.63) is 24.3 Å². The van der Waals surface area contributed by atoms with Crippen molar-refractivity contribution >= 4 is 23.3 Å². The molecule has 1 atom stereocenters. The molecule has 0 fully saturated rings. The summed E-state index contributed by atoms with van der Waals surface area (Å²) in [5.74, 6) is 1.24. The minimum atomic E-state index is -0.235. The number of benzene rings is 1. The Morgan fingerprint density at radius 3 is 2.50 bits per heavy atom. The van der Waals surface area contributed by atoms with Gasteiger partial charge in [0.2, 0.25) is 0 Å². The van der Waals surface area contributed by atoms with Crippen molar-refractivity contribution in [3.8, 4) is 5.75 Å². The number of anilines is 1. The molecule has 0 aliphatic carbocycles. The summed E-state index contributed by atoms with van der Waals surface area (Å²) in [7, 11) is 0. The average Bonchev–Trinajstić information content (AvgIpc) is 2.54. The Morgan fingerprint density at radius 2 is 1.91 bits per heavy atom. The third-order valence-corrected chi connectivity index (χ3v) is 3.77. The van der Waals surface area contributed by atoms with E-state index in [9.17, 15) is 4.79 Å². The molecule has 4 nitrogen and oxygen atoms in total. The Balaban J connectivity index is 2.33. The number of halogens is 1. The number of amides is 2. The number of nitrogens with one attached hydrogen (secondary N) is 2. The Kier molecular flexibility index (Phi) is 9.47. The van der Waals surface area contributed by atoms with Gasteiger partial charge in [0.1, 0.15) is 5.75 Å². The predicted octanol–water partition coefficient (Wildman–Crippen LogP) is 4.78. The van der Waals surface area contributed by atoms with Gasteiger partial charge in [-0.2, -0.15) is 0 Å². The second-order valence-corrected chi connectivity index (χ2v) is 5.60. The zero-order chi connectivity index (χ0) is 16.2. The molecule has 22 heavy (non-hydrogen) atoms. The lowest BCUT2D eigenvalue weighted by Crippen LogP contribution is -2.38. The van der Waals surface area contributed by atoms with E-state index in [1.165, 1.54) is 19.3 Å². The molecule has 0 aromatic heterocycles. The largest absolute Gasteiger partial charge is 0.494 e. The first-order chi connectivity index (χ1) is 10.7. The monoisotopic (exact) mass is 326 g/mol. The van der Waals surface area contributed by atoms with Crippen molar-refractivity contribution in [1.29, 1.82) is 0 Å². The minimum Gasteiger partial charge on any atom is -0.494 e. The van der Waals surface area contributed by atoms with Crippen LogP contribution in [0.15, 0.2) is 24.3 Å². The topological polar surface area (TPSA) is 50.4 Å². The smallest absolute Gasteiger partial charge is 0.319 e. The molecule has 0 radical (unpaired) electrons. The van der Waals surface area contributed by atoms with Crippen LogP contribution in [0.25, 0.3) is 0 Å². The van der Waals surface area contributed by atoms with Gasteiger partial charge in [0.05, 0.1) is 6.61 Å². The number of hydrogen-bond donors (Lipinski definition) is 2. The van der Waals surface area contributed by atoms with Crippen LogP contribution in [0.5, 0.6) is 5.75 Å². The molecule has 0 aliphatic heterocycles. The quantitative estimate of drug-likeness (QED) is 0.480. The van der Waals surface area contributed by atoms with Crippen molar-refractivity contribution in [2.75, 3.05) is 17.8 Å². The van der Waals surface area contributed by atoms with Crippen LogP contribution in [0.3, 0.4) is 0 Å². The van der Waals surface area contributed by atoms with Gasteiger partial charge in [0.25, 0.3) is 0 Å². The molecule has 1 aromatic rings. The molecule has 2 amide bonds. The molecule has 0 aliphatic rings. The van der Waals surface area contributed by atoms with Crippen molar-refractivity contribution in [1.82, 2.24) is 5.32 Å². The summed E-state index contributed by atoms with van der Waals surface area (Å²) in [4.78, 5) is 11.8. The minimum absolute atomic E-state index is 0.00704. The molecule has 0 spiro atoms. The number of urea groups is 1. The van der Waals surface area contributed by atoms with Crippen LogP contribution in [0, 0.1) is 0 Å². The summed E-state index contributed by atoms with van der Waals surface area (Å²) in [6, 6.07) is 7.17. The standard InChI is InChI=1S/C17H27ClN2O2/c1-3-5-6-7-12-22-16-10-8-15(9-11-16)20-17(21)19-14(4-2)13-18/h8-11,14H,3-7,12-13H2,1-2H3,(H2,19,20,21). The van der Waals surface area contributed by atoms with Crippen LogP contribution >= 0.6 is 11.6 Å². The number of hydrogen-bond acceptors (Lipinski definition) is 2. The Labute approximate surface area is 138 Å². The second-order valence-electron chi connectivity index (χ2n) is 5.29. The number of carbonyl (C=O) groups excluding carboxylic acids is 1. The normalized spacial score (nSPS) is 11.8. The highest BCUT2D eigenvalue weighted by Crippen LogP contribution is 2.16. The van der Waals surface area contributed by atoms with Crippen molar-refractivity contribution in [2.45, 2.75) is 52.0 Å². The fourth-order valence-corrected chi connectivity index (χ4v) is 2.25. The van der Waals surface area contributed by atoms with Gasteiger partial charge in [-0.05, 0) is 37.1 Å². The van der Waals surface area contributed by atoms with Gasteiger partial charge < -0.3 is 15.4 Å². The van der Waals surface area contributed by atoms with Crippen LogP contribution in [0.4, 0.5) is 10.5 Å². The van der Waals surface area contributed by atoms with Gasteiger partial charge in [0, 0.05) is 17.6 Å². The molecule has 1 aromatic carbocycles. The second kappa shape index (κ2) is 11.2. The van der Waals surface area contributed by atoms with Crippen LogP contribution < -0.4 is 15.4 Å². The molecule has 0 heterocycles. The maximum atomic E-state index is 11.8. The first-order valence-electron chi connectivity index (χ1n) is 8.05. The van der Waals surface area contributed by atoms with E-state index in [-0.39, 0.29) is 12.1 Å². The maximum Gasteiger partial charge on any atom is 0.319 e. The highest BCUT2D eigenvalue weighted by atomic mass is 35.5. The van der Waals surface area contributed by atoms with Crippen LogP contribution in [0.1, 0.15) is 46.0 Å². The third-order valence-electron chi connectivity index (χ3n) is 3.39. The SMILES string of the molecule is CCCCCCOc1ccc(NC(=O)NC(CC)CCl)cc1. The van der Waals surface area contributed by atoms with Gasteiger partial charge >= 0.3 is 6.03 Å². The Morgan fingerprint density at radius 1 is 1.18 bits per heavy atom. The summed E-state index contributed by atoms with van der Waals surface area (Å²) in [6.07, 6.45) is 5.57. The molecule has 5 heteroatoms. The fraction of sp³-hybridized carbons (Fsp3) is 0.588. The molecule has 0 bridgehead atoms. The van der Waals surface area contributed by atoms with Crippen molar-refractivity contribution in [2.24, 2.45) is 0 Å². The lowest BCUT2D eigenvalue weighted by atomic mass is 10.2. The Bertz CT molecular complexity index is 419. The molecule has 1 unspecified atom stereocenters. The number of unbranched alkanes of at least 4 members (excludes halogenated alkanes) is 3. The molecule has 0 saturated heterocycles. The zero-order valence-electron chi connectivity index (χ0n) is 13.5. The number of ether oxygens (including phenoxy) is 1. The molecular weight excluding hydrogens is 300 g/mol. The van der Waals surface area contributed by atoms with Gasteiger partial charge in [-0.3, -0.25) is 0 Å². The van der Waals surface area contributed by atoms with E-state index >= 15 is 0 Å². The summed E-state index contributed by atoms with van der Waals surface area (Å²) in [5.41, 5.74) is 0.736. The highest BCUT2D eigenvalue weighted by Gasteiger charge is 2.08. The van der Waals surface area contributed by atoms with Gasteiger partial charge in [-0.25, -0.2) is 4.79 Å². The van der Waals surface area contributed by atoms with E-state index in [4.69, 9.17) is 16.3 Å². The molecular formula is C17H27ClN2O2. The van der Waals surface area contributed by atoms with Crippen LogP contribution in [-0.4, -0.2) is 24.6 Å². The van der Waals surface area contributed by atoms with E-state index < -0.39 is 0 Å². The van der Waals surface area contributed by atoms with E-state index in [0.29, 0.717) is 5.88 Å². The van der Waals surface area contributed by atoms with E-state index in [0.717, 1.165) is 30.9 Å². The average molecular weight is 327 g/mol. The highest BCUT2D eigenvalue weighted by molar-refractivity contribution is 6.18. The summed E-state index contributed by atoms with van der Waals surface area (Å²) in [6.45, 7) is 4.92. The Hall–Kier alpha value is -1.42. The van der Waals surface area contributed by atoms with Crippen molar-refractivity contribution in [3.63, 3.8) is 0 Å². The summed E-state index contributed by atoms with van der Waals surface area (Å²) >= 11 is 5.76. The first kappa shape index (κ1) is 18.6. The van der Waals surface area contributed by atoms with Crippen LogP contribution in [-0.2, 0) is 0 Å². The first-order valence-corrected chi connectivity index (χ1v) is 8.59. The summed E-state index contributed by atoms with van der Waals surface area (Å²) in [5, 5.41) is 5.61. The van der Waals surface area contributed by atoms with E-state index in [2.05, 4.69) is 17.6 Å². The third kappa shape index (κ3) is 7.55. The number of carbonyl (C=O) groups is 1. The number of rotatable bonds is 10. The molecule has 2 N–H and O–H groups in total. The van der Waals surface area contributed by atoms with Gasteiger partial charge in [-0.1, -0.05) is 33.1 Å². The van der Waals surface area contributed by atoms with E-state index in [1.54, 1.807) is 0 Å².